The van der Waals surface area contributed by atoms with Crippen LogP contribution in [0.25, 0.3) is 0 Å². The molecule has 0 spiro atoms. The lowest BCUT2D eigenvalue weighted by atomic mass is 9.83. The van der Waals surface area contributed by atoms with Gasteiger partial charge < -0.3 is 24.8 Å². The predicted molar refractivity (Wildman–Crippen MR) is 141 cm³/mol. The van der Waals surface area contributed by atoms with Crippen LogP contribution in [0.5, 0.6) is 0 Å². The molecule has 0 aromatic heterocycles. The maximum atomic E-state index is 13.8. The molecule has 3 unspecified atom stereocenters. The first-order valence-electron chi connectivity index (χ1n) is 13.4. The topological polar surface area (TPSA) is 65.1 Å². The van der Waals surface area contributed by atoms with Crippen LogP contribution in [0.3, 0.4) is 0 Å². The second kappa shape index (κ2) is 11.4. The molecule has 5 rings (SSSR count). The summed E-state index contributed by atoms with van der Waals surface area (Å²) in [4.78, 5) is 33.7. The first-order valence-corrected chi connectivity index (χ1v) is 13.4. The molecule has 3 atom stereocenters. The van der Waals surface area contributed by atoms with Crippen LogP contribution in [-0.2, 0) is 9.53 Å². The third kappa shape index (κ3) is 5.27. The molecule has 3 heterocycles. The number of nitrogens with zero attached hydrogens (tertiary/aromatic N) is 3. The fraction of sp³-hybridized carbons (Fsp3) is 0.517. The van der Waals surface area contributed by atoms with Gasteiger partial charge in [-0.25, -0.2) is 0 Å². The van der Waals surface area contributed by atoms with Crippen molar-refractivity contribution in [2.75, 3.05) is 51.8 Å². The van der Waals surface area contributed by atoms with Gasteiger partial charge in [0.1, 0.15) is 12.7 Å². The van der Waals surface area contributed by atoms with Gasteiger partial charge >= 0.3 is 0 Å². The molecular formula is C29H38N4O3. The van der Waals surface area contributed by atoms with Crippen LogP contribution in [0.1, 0.15) is 54.2 Å². The van der Waals surface area contributed by atoms with Gasteiger partial charge in [-0.2, -0.15) is 0 Å². The largest absolute Gasteiger partial charge is 0.383 e. The monoisotopic (exact) mass is 490 g/mol. The van der Waals surface area contributed by atoms with E-state index in [1.165, 1.54) is 38.8 Å². The summed E-state index contributed by atoms with van der Waals surface area (Å²) in [5.74, 6) is 0.338. The molecule has 1 N–H and O–H groups in total. The highest BCUT2D eigenvalue weighted by molar-refractivity contribution is 6.03. The molecule has 7 heteroatoms. The van der Waals surface area contributed by atoms with Crippen molar-refractivity contribution >= 4 is 17.5 Å². The third-order valence-corrected chi connectivity index (χ3v) is 8.04. The van der Waals surface area contributed by atoms with E-state index in [-0.39, 0.29) is 18.4 Å². The molecule has 0 aliphatic carbocycles. The lowest BCUT2D eigenvalue weighted by Gasteiger charge is -2.46. The van der Waals surface area contributed by atoms with Crippen LogP contribution >= 0.6 is 0 Å². The number of hydrogen-bond acceptors (Lipinski definition) is 5. The lowest BCUT2D eigenvalue weighted by Crippen LogP contribution is -2.54. The Morgan fingerprint density at radius 2 is 1.81 bits per heavy atom. The summed E-state index contributed by atoms with van der Waals surface area (Å²) in [5, 5.41) is 3.50. The van der Waals surface area contributed by atoms with Crippen molar-refractivity contribution in [1.29, 1.82) is 0 Å². The Hall–Kier alpha value is -2.90. The van der Waals surface area contributed by atoms with Gasteiger partial charge in [0.25, 0.3) is 5.91 Å². The van der Waals surface area contributed by atoms with Crippen molar-refractivity contribution in [3.63, 3.8) is 0 Å². The fourth-order valence-corrected chi connectivity index (χ4v) is 6.19. The van der Waals surface area contributed by atoms with Crippen LogP contribution in [0.4, 0.5) is 5.69 Å². The van der Waals surface area contributed by atoms with E-state index in [1.54, 1.807) is 12.0 Å². The van der Waals surface area contributed by atoms with E-state index in [9.17, 15) is 9.59 Å². The Morgan fingerprint density at radius 3 is 2.64 bits per heavy atom. The highest BCUT2D eigenvalue weighted by Gasteiger charge is 2.37. The van der Waals surface area contributed by atoms with E-state index in [4.69, 9.17) is 4.74 Å². The van der Waals surface area contributed by atoms with Gasteiger partial charge in [-0.15, -0.1) is 0 Å². The van der Waals surface area contributed by atoms with Gasteiger partial charge in [0.05, 0.1) is 12.2 Å². The van der Waals surface area contributed by atoms with Gasteiger partial charge in [0.2, 0.25) is 5.91 Å². The highest BCUT2D eigenvalue weighted by Crippen LogP contribution is 2.34. The Labute approximate surface area is 214 Å². The molecule has 2 amide bonds. The number of carbonyl (C=O) groups is 2. The fourth-order valence-electron chi connectivity index (χ4n) is 6.19. The minimum absolute atomic E-state index is 0.0181. The van der Waals surface area contributed by atoms with E-state index >= 15 is 0 Å². The van der Waals surface area contributed by atoms with Gasteiger partial charge in [-0.05, 0) is 62.4 Å². The highest BCUT2D eigenvalue weighted by atomic mass is 16.5. The number of para-hydroxylation sites is 1. The molecule has 2 saturated heterocycles. The van der Waals surface area contributed by atoms with Crippen molar-refractivity contribution in [2.24, 2.45) is 5.92 Å². The van der Waals surface area contributed by atoms with Crippen molar-refractivity contribution in [3.05, 3.63) is 65.7 Å². The Morgan fingerprint density at radius 1 is 1.03 bits per heavy atom. The number of nitrogens with one attached hydrogen (secondary N) is 1. The average Bonchev–Trinajstić information content (AvgIpc) is 2.93. The summed E-state index contributed by atoms with van der Waals surface area (Å²) in [5.41, 5.74) is 2.36. The first kappa shape index (κ1) is 24.8. The Bertz CT molecular complexity index is 1040. The average molecular weight is 491 g/mol. The number of ether oxygens (including phenoxy) is 1. The van der Waals surface area contributed by atoms with Crippen LogP contribution in [0, 0.1) is 5.92 Å². The van der Waals surface area contributed by atoms with E-state index < -0.39 is 6.17 Å². The molecule has 3 aliphatic heterocycles. The number of hydrogen-bond donors (Lipinski definition) is 1. The molecular weight excluding hydrogens is 452 g/mol. The second-order valence-electron chi connectivity index (χ2n) is 10.3. The molecule has 2 aromatic rings. The quantitative estimate of drug-likeness (QED) is 0.606. The summed E-state index contributed by atoms with van der Waals surface area (Å²) in [7, 11) is 1.67. The van der Waals surface area contributed by atoms with Crippen molar-refractivity contribution in [1.82, 2.24) is 14.7 Å². The molecule has 0 radical (unpaired) electrons. The minimum atomic E-state index is -0.398. The number of carbonyl (C=O) groups excluding carboxylic acids is 2. The van der Waals surface area contributed by atoms with E-state index in [1.807, 2.05) is 59.5 Å². The van der Waals surface area contributed by atoms with Gasteiger partial charge in [0.15, 0.2) is 0 Å². The maximum Gasteiger partial charge on any atom is 0.258 e. The Kier molecular flexibility index (Phi) is 7.87. The minimum Gasteiger partial charge on any atom is -0.383 e. The maximum absolute atomic E-state index is 13.8. The normalized spacial score (nSPS) is 24.0. The summed E-state index contributed by atoms with van der Waals surface area (Å²) >= 11 is 0. The zero-order valence-electron chi connectivity index (χ0n) is 21.3. The van der Waals surface area contributed by atoms with E-state index in [2.05, 4.69) is 10.2 Å². The SMILES string of the molecule is COCCN(CC1CCCN2CCCCC12)C(=O)CN1C(=O)c2ccccc2NC1c1ccccc1. The first-order chi connectivity index (χ1) is 17.7. The van der Waals surface area contributed by atoms with Crippen LogP contribution < -0.4 is 5.32 Å². The number of amides is 2. The summed E-state index contributed by atoms with van der Waals surface area (Å²) in [6.07, 6.45) is 5.72. The zero-order valence-corrected chi connectivity index (χ0v) is 21.3. The molecule has 7 nitrogen and oxygen atoms in total. The van der Waals surface area contributed by atoms with Crippen molar-refractivity contribution in [2.45, 2.75) is 44.3 Å². The predicted octanol–water partition coefficient (Wildman–Crippen LogP) is 3.99. The van der Waals surface area contributed by atoms with Crippen LogP contribution in [0.2, 0.25) is 0 Å². The van der Waals surface area contributed by atoms with E-state index in [0.29, 0.717) is 30.7 Å². The summed E-state index contributed by atoms with van der Waals surface area (Å²) in [6, 6.07) is 18.0. The molecule has 2 fully saturated rings. The molecule has 2 aromatic carbocycles. The zero-order chi connectivity index (χ0) is 24.9. The van der Waals surface area contributed by atoms with Gasteiger partial charge in [-0.1, -0.05) is 48.9 Å². The second-order valence-corrected chi connectivity index (χ2v) is 10.3. The molecule has 3 aliphatic rings. The number of piperidine rings is 2. The van der Waals surface area contributed by atoms with Gasteiger partial charge in [-0.3, -0.25) is 9.59 Å². The summed E-state index contributed by atoms with van der Waals surface area (Å²) in [6.45, 7) is 4.15. The molecule has 192 valence electrons. The third-order valence-electron chi connectivity index (χ3n) is 8.04. The number of anilines is 1. The number of fused-ring (bicyclic) bond motifs is 2. The standard InChI is InChI=1S/C29H38N4O3/c1-36-19-18-32(20-23-12-9-17-31-16-8-7-15-26(23)31)27(34)21-33-28(22-10-3-2-4-11-22)30-25-14-6-5-13-24(25)29(33)35/h2-6,10-11,13-14,23,26,28,30H,7-9,12,15-21H2,1H3. The number of rotatable bonds is 8. The van der Waals surface area contributed by atoms with Crippen molar-refractivity contribution in [3.8, 4) is 0 Å². The van der Waals surface area contributed by atoms with Crippen molar-refractivity contribution < 1.29 is 14.3 Å². The smallest absolute Gasteiger partial charge is 0.258 e. The number of benzene rings is 2. The lowest BCUT2D eigenvalue weighted by molar-refractivity contribution is -0.134. The van der Waals surface area contributed by atoms with Gasteiger partial charge in [0, 0.05) is 31.9 Å². The van der Waals surface area contributed by atoms with Crippen LogP contribution in [-0.4, -0.2) is 79.0 Å². The number of methoxy groups -OCH3 is 1. The molecule has 0 saturated carbocycles. The molecule has 0 bridgehead atoms. The van der Waals surface area contributed by atoms with E-state index in [0.717, 1.165) is 24.2 Å². The molecule has 36 heavy (non-hydrogen) atoms. The van der Waals surface area contributed by atoms with Crippen LogP contribution in [0.15, 0.2) is 54.6 Å². The summed E-state index contributed by atoms with van der Waals surface area (Å²) < 4.78 is 5.37. The Balaban J connectivity index is 1.37.